The second-order valence-electron chi connectivity index (χ2n) is 7.30. The van der Waals surface area contributed by atoms with Crippen LogP contribution in [0.3, 0.4) is 0 Å². The maximum Gasteiger partial charge on any atom is 0.310 e. The third-order valence-corrected chi connectivity index (χ3v) is 5.29. The molecular weight excluding hydrogens is 374 g/mol. The molecule has 0 spiro atoms. The summed E-state index contributed by atoms with van der Waals surface area (Å²) < 4.78 is 10.9. The quantitative estimate of drug-likeness (QED) is 0.431. The van der Waals surface area contributed by atoms with Crippen LogP contribution in [0.4, 0.5) is 0 Å². The molecule has 4 heteroatoms. The van der Waals surface area contributed by atoms with E-state index in [4.69, 9.17) is 14.9 Å². The molecule has 30 heavy (non-hydrogen) atoms. The minimum Gasteiger partial charge on any atom is -0.466 e. The lowest BCUT2D eigenvalue weighted by Crippen LogP contribution is -2.09. The van der Waals surface area contributed by atoms with E-state index in [0.717, 1.165) is 44.3 Å². The number of esters is 1. The van der Waals surface area contributed by atoms with Crippen LogP contribution in [0, 0.1) is 0 Å². The molecule has 0 radical (unpaired) electrons. The molecule has 0 atom stereocenters. The molecule has 0 aliphatic heterocycles. The Balaban J connectivity index is 1.67. The van der Waals surface area contributed by atoms with E-state index in [1.165, 1.54) is 0 Å². The lowest BCUT2D eigenvalue weighted by atomic mass is 9.96. The first-order chi connectivity index (χ1) is 14.7. The highest BCUT2D eigenvalue weighted by atomic mass is 16.5. The van der Waals surface area contributed by atoms with E-state index in [9.17, 15) is 4.79 Å². The Hall–Kier alpha value is -3.37. The third-order valence-electron chi connectivity index (χ3n) is 5.29. The molecule has 1 aromatic heterocycles. The van der Waals surface area contributed by atoms with Gasteiger partial charge in [-0.05, 0) is 52.9 Å². The number of fused-ring (bicyclic) bond motifs is 1. The molecule has 0 saturated heterocycles. The summed E-state index contributed by atoms with van der Waals surface area (Å²) in [5, 5.41) is 1.08. The van der Waals surface area contributed by atoms with E-state index in [1.807, 2.05) is 49.6 Å². The minimum atomic E-state index is -0.205. The Bertz CT molecular complexity index is 1180. The average Bonchev–Trinajstić information content (AvgIpc) is 3.17. The number of carbonyl (C=O) groups excluding carboxylic acids is 1. The Labute approximate surface area is 176 Å². The van der Waals surface area contributed by atoms with Gasteiger partial charge in [0, 0.05) is 23.9 Å². The number of carbonyl (C=O) groups is 1. The maximum atomic E-state index is 12.0. The highest BCUT2D eigenvalue weighted by molar-refractivity contribution is 5.87. The molecule has 152 valence electrons. The summed E-state index contributed by atoms with van der Waals surface area (Å²) >= 11 is 0. The molecule has 4 rings (SSSR count). The van der Waals surface area contributed by atoms with Gasteiger partial charge in [-0.1, -0.05) is 48.5 Å². The molecule has 0 saturated carbocycles. The maximum absolute atomic E-state index is 12.0. The van der Waals surface area contributed by atoms with Crippen molar-refractivity contribution in [2.45, 2.75) is 26.3 Å². The first-order valence-corrected chi connectivity index (χ1v) is 10.2. The van der Waals surface area contributed by atoms with Crippen LogP contribution in [0.25, 0.3) is 22.1 Å². The summed E-state index contributed by atoms with van der Waals surface area (Å²) in [5.74, 6) is -0.205. The zero-order chi connectivity index (χ0) is 20.9. The van der Waals surface area contributed by atoms with E-state index >= 15 is 0 Å². The lowest BCUT2D eigenvalue weighted by Gasteiger charge is -2.09. The van der Waals surface area contributed by atoms with Gasteiger partial charge < -0.3 is 14.9 Å². The monoisotopic (exact) mass is 399 g/mol. The fourth-order valence-corrected chi connectivity index (χ4v) is 3.75. The van der Waals surface area contributed by atoms with Crippen LogP contribution in [0.15, 0.2) is 77.4 Å². The first-order valence-electron chi connectivity index (χ1n) is 10.2. The summed E-state index contributed by atoms with van der Waals surface area (Å²) in [7, 11) is 0. The molecule has 0 amide bonds. The largest absolute Gasteiger partial charge is 0.466 e. The van der Waals surface area contributed by atoms with Crippen molar-refractivity contribution in [1.82, 2.24) is 0 Å². The lowest BCUT2D eigenvalue weighted by molar-refractivity contribution is -0.142. The molecule has 0 unspecified atom stereocenters. The van der Waals surface area contributed by atoms with E-state index in [2.05, 4.69) is 30.3 Å². The number of ether oxygens (including phenoxy) is 1. The van der Waals surface area contributed by atoms with Gasteiger partial charge in [0.05, 0.1) is 19.3 Å². The van der Waals surface area contributed by atoms with Crippen LogP contribution in [0.5, 0.6) is 0 Å². The smallest absolute Gasteiger partial charge is 0.310 e. The van der Waals surface area contributed by atoms with Gasteiger partial charge in [-0.25, -0.2) is 0 Å². The van der Waals surface area contributed by atoms with E-state index in [0.29, 0.717) is 19.6 Å². The van der Waals surface area contributed by atoms with Gasteiger partial charge in [-0.15, -0.1) is 0 Å². The Kier molecular flexibility index (Phi) is 5.96. The topological polar surface area (TPSA) is 65.5 Å². The van der Waals surface area contributed by atoms with Crippen molar-refractivity contribution in [2.75, 3.05) is 6.61 Å². The fraction of sp³-hybridized carbons (Fsp3) is 0.192. The van der Waals surface area contributed by atoms with Crippen LogP contribution in [-0.4, -0.2) is 12.6 Å². The highest BCUT2D eigenvalue weighted by Crippen LogP contribution is 2.30. The van der Waals surface area contributed by atoms with Crippen molar-refractivity contribution in [3.05, 3.63) is 95.2 Å². The average molecular weight is 399 g/mol. The van der Waals surface area contributed by atoms with Crippen molar-refractivity contribution in [1.29, 1.82) is 0 Å². The normalized spacial score (nSPS) is 11.0. The van der Waals surface area contributed by atoms with Crippen LogP contribution < -0.4 is 5.73 Å². The highest BCUT2D eigenvalue weighted by Gasteiger charge is 2.13. The fourth-order valence-electron chi connectivity index (χ4n) is 3.75. The Morgan fingerprint density at radius 1 is 0.933 bits per heavy atom. The summed E-state index contributed by atoms with van der Waals surface area (Å²) in [6.07, 6.45) is 2.78. The predicted octanol–water partition coefficient (Wildman–Crippen LogP) is 5.25. The van der Waals surface area contributed by atoms with Crippen molar-refractivity contribution in [2.24, 2.45) is 5.73 Å². The van der Waals surface area contributed by atoms with Crippen molar-refractivity contribution >= 4 is 16.9 Å². The molecule has 0 aliphatic rings. The molecular formula is C26H25NO3. The zero-order valence-corrected chi connectivity index (χ0v) is 17.1. The van der Waals surface area contributed by atoms with Gasteiger partial charge in [-0.2, -0.15) is 0 Å². The second kappa shape index (κ2) is 8.97. The third kappa shape index (κ3) is 4.29. The van der Waals surface area contributed by atoms with Crippen molar-refractivity contribution in [3.63, 3.8) is 0 Å². The molecule has 1 heterocycles. The molecule has 0 bridgehead atoms. The zero-order valence-electron chi connectivity index (χ0n) is 17.1. The summed E-state index contributed by atoms with van der Waals surface area (Å²) in [6.45, 7) is 2.73. The molecule has 3 aromatic carbocycles. The van der Waals surface area contributed by atoms with Gasteiger partial charge in [0.25, 0.3) is 0 Å². The van der Waals surface area contributed by atoms with Crippen LogP contribution in [0.2, 0.25) is 0 Å². The number of rotatable bonds is 7. The van der Waals surface area contributed by atoms with Crippen molar-refractivity contribution < 1.29 is 13.9 Å². The van der Waals surface area contributed by atoms with Crippen molar-refractivity contribution in [3.8, 4) is 11.1 Å². The molecule has 0 aliphatic carbocycles. The number of nitrogens with two attached hydrogens (primary N) is 1. The number of benzene rings is 3. The summed E-state index contributed by atoms with van der Waals surface area (Å²) in [4.78, 5) is 12.0. The SMILES string of the molecule is CCOC(=O)Cc1ccccc1Cc1coc2ccc(-c3cccc(CN)c3)cc12. The molecule has 0 fully saturated rings. The van der Waals surface area contributed by atoms with Gasteiger partial charge >= 0.3 is 5.97 Å². The second-order valence-corrected chi connectivity index (χ2v) is 7.30. The number of hydrogen-bond donors (Lipinski definition) is 1. The van der Waals surface area contributed by atoms with Gasteiger partial charge in [0.15, 0.2) is 0 Å². The summed E-state index contributed by atoms with van der Waals surface area (Å²) in [5.41, 5.74) is 13.2. The Morgan fingerprint density at radius 3 is 2.53 bits per heavy atom. The molecule has 4 nitrogen and oxygen atoms in total. The van der Waals surface area contributed by atoms with E-state index in [-0.39, 0.29) is 12.4 Å². The first kappa shape index (κ1) is 19.9. The number of furan rings is 1. The van der Waals surface area contributed by atoms with Gasteiger partial charge in [-0.3, -0.25) is 4.79 Å². The van der Waals surface area contributed by atoms with E-state index < -0.39 is 0 Å². The number of hydrogen-bond acceptors (Lipinski definition) is 4. The van der Waals surface area contributed by atoms with Crippen LogP contribution >= 0.6 is 0 Å². The minimum absolute atomic E-state index is 0.205. The standard InChI is InChI=1S/C26H25NO3/c1-2-29-26(28)15-21-8-4-3-7-20(21)13-23-17-30-25-11-10-22(14-24(23)25)19-9-5-6-18(12-19)16-27/h3-12,14,17H,2,13,15-16,27H2,1H3. The van der Waals surface area contributed by atoms with Crippen LogP contribution in [-0.2, 0) is 28.9 Å². The predicted molar refractivity (Wildman–Crippen MR) is 119 cm³/mol. The summed E-state index contributed by atoms with van der Waals surface area (Å²) in [6, 6.07) is 22.5. The Morgan fingerprint density at radius 2 is 1.73 bits per heavy atom. The molecule has 4 aromatic rings. The van der Waals surface area contributed by atoms with Gasteiger partial charge in [0.2, 0.25) is 0 Å². The van der Waals surface area contributed by atoms with Gasteiger partial charge in [0.1, 0.15) is 5.58 Å². The molecule has 2 N–H and O–H groups in total. The van der Waals surface area contributed by atoms with E-state index in [1.54, 1.807) is 0 Å². The van der Waals surface area contributed by atoms with Crippen LogP contribution in [0.1, 0.15) is 29.2 Å².